The topological polar surface area (TPSA) is 71.0 Å². The molecule has 88 valence electrons. The molecule has 0 N–H and O–H groups in total. The van der Waals surface area contributed by atoms with Crippen molar-refractivity contribution < 1.29 is 4.79 Å². The highest BCUT2D eigenvalue weighted by molar-refractivity contribution is 6.81. The van der Waals surface area contributed by atoms with Crippen molar-refractivity contribution in [1.29, 1.82) is 5.26 Å². The van der Waals surface area contributed by atoms with Gasteiger partial charge in [-0.05, 0) is 11.9 Å². The van der Waals surface area contributed by atoms with E-state index in [9.17, 15) is 10.1 Å². The predicted molar refractivity (Wildman–Crippen MR) is 67.4 cm³/mol. The average molecular weight is 258 g/mol. The maximum Gasteiger partial charge on any atom is 0.325 e. The molecular weight excluding hydrogens is 250 g/mol. The largest absolute Gasteiger partial charge is 0.325 e. The van der Waals surface area contributed by atoms with Gasteiger partial charge in [-0.1, -0.05) is 24.4 Å². The van der Waals surface area contributed by atoms with Crippen molar-refractivity contribution in [1.82, 2.24) is 14.6 Å². The molecule has 1 saturated carbocycles. The zero-order chi connectivity index (χ0) is 12.7. The lowest BCUT2D eigenvalue weighted by Gasteiger charge is -2.07. The van der Waals surface area contributed by atoms with Crippen molar-refractivity contribution in [3.63, 3.8) is 0 Å². The number of halogens is 1. The Morgan fingerprint density at radius 1 is 1.61 bits per heavy atom. The molecule has 2 heterocycles. The molecule has 0 atom stereocenters. The third-order valence-corrected chi connectivity index (χ3v) is 3.37. The number of rotatable bonds is 3. The van der Waals surface area contributed by atoms with Gasteiger partial charge in [0.05, 0.1) is 11.8 Å². The summed E-state index contributed by atoms with van der Waals surface area (Å²) in [5, 5.41) is 13.7. The van der Waals surface area contributed by atoms with Gasteiger partial charge in [0.15, 0.2) is 11.9 Å². The van der Waals surface area contributed by atoms with Gasteiger partial charge in [0.2, 0.25) is 0 Å². The van der Waals surface area contributed by atoms with Crippen LogP contribution in [0.5, 0.6) is 0 Å². The minimum atomic E-state index is -0.243. The van der Waals surface area contributed by atoms with Crippen LogP contribution in [-0.4, -0.2) is 27.6 Å². The average Bonchev–Trinajstić information content (AvgIpc) is 3.10. The molecule has 2 aromatic rings. The van der Waals surface area contributed by atoms with E-state index < -0.39 is 0 Å². The molecule has 3 rings (SSSR count). The van der Waals surface area contributed by atoms with Gasteiger partial charge in [0.25, 0.3) is 0 Å². The quantitative estimate of drug-likeness (QED) is 0.470. The van der Waals surface area contributed by atoms with Crippen LogP contribution in [0.25, 0.3) is 5.65 Å². The van der Waals surface area contributed by atoms with Crippen LogP contribution < -0.4 is 5.59 Å². The second-order valence-electron chi connectivity index (χ2n) is 4.40. The Morgan fingerprint density at radius 2 is 2.39 bits per heavy atom. The molecule has 0 amide bonds. The first kappa shape index (κ1) is 11.2. The molecule has 0 saturated heterocycles. The summed E-state index contributed by atoms with van der Waals surface area (Å²) in [4.78, 5) is 15.0. The molecule has 0 aromatic carbocycles. The van der Waals surface area contributed by atoms with Crippen LogP contribution in [0, 0.1) is 11.2 Å². The van der Waals surface area contributed by atoms with Crippen LogP contribution in [0.4, 0.5) is 0 Å². The summed E-state index contributed by atoms with van der Waals surface area (Å²) in [5.74, 6) is 2.65. The Morgan fingerprint density at radius 3 is 3.00 bits per heavy atom. The van der Waals surface area contributed by atoms with E-state index in [0.717, 1.165) is 12.8 Å². The zero-order valence-corrected chi connectivity index (χ0v) is 10.1. The zero-order valence-electron chi connectivity index (χ0n) is 9.38. The molecule has 0 bridgehead atoms. The molecule has 5 nitrogen and oxygen atoms in total. The summed E-state index contributed by atoms with van der Waals surface area (Å²) in [6, 6.07) is 1.66. The monoisotopic (exact) mass is 258 g/mol. The summed E-state index contributed by atoms with van der Waals surface area (Å²) in [6.45, 7) is -0.243. The minimum absolute atomic E-state index is 0.243. The number of carbonyl (C=O) groups excluding carboxylic acids is 1. The second kappa shape index (κ2) is 4.11. The highest BCUT2D eigenvalue weighted by Crippen LogP contribution is 2.38. The molecule has 2 aromatic heterocycles. The number of fused-ring (bicyclic) bond motifs is 1. The predicted octanol–water partition coefficient (Wildman–Crippen LogP) is 1.12. The molecule has 7 heteroatoms. The van der Waals surface area contributed by atoms with E-state index in [-0.39, 0.29) is 11.9 Å². The number of carbonyl (C=O) groups is 1. The Kier molecular flexibility index (Phi) is 2.56. The van der Waals surface area contributed by atoms with Gasteiger partial charge < -0.3 is 0 Å². The van der Waals surface area contributed by atoms with Crippen LogP contribution in [0.1, 0.15) is 23.2 Å². The first-order valence-electron chi connectivity index (χ1n) is 5.63. The highest BCUT2D eigenvalue weighted by Gasteiger charge is 2.38. The molecule has 0 unspecified atom stereocenters. The van der Waals surface area contributed by atoms with Crippen molar-refractivity contribution in [2.75, 3.05) is 0 Å². The number of nitrogens with zero attached hydrogens (tertiary/aromatic N) is 4. The highest BCUT2D eigenvalue weighted by atomic mass is 35.5. The lowest BCUT2D eigenvalue weighted by atomic mass is 9.44. The van der Waals surface area contributed by atoms with Crippen molar-refractivity contribution in [3.8, 4) is 5.97 Å². The Balaban J connectivity index is 2.24. The van der Waals surface area contributed by atoms with E-state index in [1.165, 1.54) is 6.20 Å². The summed E-state index contributed by atoms with van der Waals surface area (Å²) >= 11 is 5.96. The maximum absolute atomic E-state index is 10.9. The van der Waals surface area contributed by atoms with Gasteiger partial charge in [0, 0.05) is 11.6 Å². The first-order chi connectivity index (χ1) is 8.74. The third kappa shape index (κ3) is 1.68. The smallest absolute Gasteiger partial charge is 0.298 e. The summed E-state index contributed by atoms with van der Waals surface area (Å²) < 4.78 is 1.54. The van der Waals surface area contributed by atoms with E-state index in [1.54, 1.807) is 10.6 Å². The molecule has 0 radical (unpaired) electrons. The van der Waals surface area contributed by atoms with Gasteiger partial charge in [-0.25, -0.2) is 14.8 Å². The van der Waals surface area contributed by atoms with Crippen LogP contribution in [0.15, 0.2) is 12.3 Å². The molecule has 0 spiro atoms. The second-order valence-corrected chi connectivity index (χ2v) is 4.79. The molecular formula is C11H8BClN4O. The number of nitriles is 1. The Bertz CT molecular complexity index is 673. The summed E-state index contributed by atoms with van der Waals surface area (Å²) in [6.07, 6.45) is 4.22. The standard InChI is InChI=1S/C11H8BClN4O/c13-10-3-9(12(6-14)8-1-2-8)17-11(16-10)7(5-18)4-15-17/h3-5,8H,1-2H2. The van der Waals surface area contributed by atoms with E-state index in [1.807, 2.05) is 0 Å². The van der Waals surface area contributed by atoms with Crippen molar-refractivity contribution in [3.05, 3.63) is 23.0 Å². The van der Waals surface area contributed by atoms with Crippen molar-refractivity contribution in [2.45, 2.75) is 18.7 Å². The van der Waals surface area contributed by atoms with Gasteiger partial charge in [-0.2, -0.15) is 5.10 Å². The van der Waals surface area contributed by atoms with Gasteiger partial charge in [-0.3, -0.25) is 4.79 Å². The molecule has 1 fully saturated rings. The number of aromatic nitrogens is 3. The molecule has 1 aliphatic rings. The van der Waals surface area contributed by atoms with E-state index in [0.29, 0.717) is 28.9 Å². The van der Waals surface area contributed by atoms with Gasteiger partial charge in [-0.15, -0.1) is 0 Å². The fraction of sp³-hybridized carbons (Fsp3) is 0.273. The van der Waals surface area contributed by atoms with Crippen LogP contribution >= 0.6 is 11.6 Å². The minimum Gasteiger partial charge on any atom is -0.298 e. The number of aldehydes is 1. The fourth-order valence-corrected chi connectivity index (χ4v) is 2.31. The van der Waals surface area contributed by atoms with Crippen LogP contribution in [0.3, 0.4) is 0 Å². The maximum atomic E-state index is 10.9. The Labute approximate surface area is 108 Å². The number of hydrogen-bond donors (Lipinski definition) is 0. The molecule has 1 aliphatic carbocycles. The van der Waals surface area contributed by atoms with E-state index in [2.05, 4.69) is 16.1 Å². The summed E-state index contributed by atoms with van der Waals surface area (Å²) in [7, 11) is 0. The van der Waals surface area contributed by atoms with Gasteiger partial charge >= 0.3 is 6.71 Å². The van der Waals surface area contributed by atoms with Gasteiger partial charge in [0.1, 0.15) is 5.15 Å². The van der Waals surface area contributed by atoms with E-state index >= 15 is 0 Å². The van der Waals surface area contributed by atoms with Crippen LogP contribution in [0.2, 0.25) is 11.0 Å². The first-order valence-corrected chi connectivity index (χ1v) is 6.01. The van der Waals surface area contributed by atoms with Crippen molar-refractivity contribution >= 4 is 35.8 Å². The molecule has 0 aliphatic heterocycles. The Hall–Kier alpha value is -1.87. The lowest BCUT2D eigenvalue weighted by molar-refractivity contribution is 0.112. The van der Waals surface area contributed by atoms with Crippen molar-refractivity contribution in [2.24, 2.45) is 0 Å². The van der Waals surface area contributed by atoms with E-state index in [4.69, 9.17) is 11.6 Å². The fourth-order valence-electron chi connectivity index (χ4n) is 2.12. The molecule has 18 heavy (non-hydrogen) atoms. The summed E-state index contributed by atoms with van der Waals surface area (Å²) in [5.41, 5.74) is 1.50. The normalized spacial score (nSPS) is 14.4. The SMILES string of the molecule is N#CB(c1cc(Cl)nc2c(C=O)cnn12)C1CC1. The van der Waals surface area contributed by atoms with Crippen LogP contribution in [-0.2, 0) is 0 Å². The number of hydrogen-bond acceptors (Lipinski definition) is 4. The third-order valence-electron chi connectivity index (χ3n) is 3.17. The lowest BCUT2D eigenvalue weighted by Crippen LogP contribution is -2.35.